The van der Waals surface area contributed by atoms with Crippen molar-refractivity contribution in [2.75, 3.05) is 13.1 Å². The zero-order valence-corrected chi connectivity index (χ0v) is 17.1. The van der Waals surface area contributed by atoms with Gasteiger partial charge in [0.1, 0.15) is 5.76 Å². The summed E-state index contributed by atoms with van der Waals surface area (Å²) in [6.45, 7) is 1.34. The van der Waals surface area contributed by atoms with Crippen LogP contribution in [-0.4, -0.2) is 45.6 Å². The molecule has 0 aromatic heterocycles. The molecule has 1 fully saturated rings. The monoisotopic (exact) mass is 443 g/mol. The summed E-state index contributed by atoms with van der Waals surface area (Å²) in [6.07, 6.45) is 0. The second kappa shape index (κ2) is 8.97. The topological polar surface area (TPSA) is 130 Å². The Morgan fingerprint density at radius 2 is 1.90 bits per heavy atom. The van der Waals surface area contributed by atoms with Gasteiger partial charge in [-0.25, -0.2) is 0 Å². The number of nitrogens with one attached hydrogen (secondary N) is 1. The standard InChI is InChI=1S/C21H18ClN3O6/c1-12(26)23-9-10-24-18(14-3-2-4-16(11-14)25(30)31)17(20(28)21(24)29)19(27)13-5-7-15(22)8-6-13/h2-8,11,18,27H,9-10H2,1H3,(H,23,26)/t18-/m1/s1. The smallest absolute Gasteiger partial charge is 0.295 e. The number of aliphatic hydroxyl groups excluding tert-OH is 1. The summed E-state index contributed by atoms with van der Waals surface area (Å²) in [5.41, 5.74) is 0.124. The number of nitro groups is 1. The van der Waals surface area contributed by atoms with Gasteiger partial charge in [0.2, 0.25) is 5.91 Å². The molecule has 0 radical (unpaired) electrons. The fourth-order valence-electron chi connectivity index (χ4n) is 3.38. The molecule has 1 aliphatic heterocycles. The molecule has 9 nitrogen and oxygen atoms in total. The van der Waals surface area contributed by atoms with E-state index in [1.165, 1.54) is 60.4 Å². The maximum atomic E-state index is 12.8. The number of likely N-dealkylation sites (tertiary alicyclic amines) is 1. The second-order valence-electron chi connectivity index (χ2n) is 6.83. The van der Waals surface area contributed by atoms with Crippen LogP contribution in [0, 0.1) is 10.1 Å². The first-order valence-corrected chi connectivity index (χ1v) is 9.61. The van der Waals surface area contributed by atoms with E-state index in [0.29, 0.717) is 5.02 Å². The molecule has 1 saturated heterocycles. The number of benzene rings is 2. The maximum absolute atomic E-state index is 12.8. The van der Waals surface area contributed by atoms with Gasteiger partial charge in [0.05, 0.1) is 16.5 Å². The molecule has 1 atom stereocenters. The molecule has 2 amide bonds. The molecule has 160 valence electrons. The number of rotatable bonds is 6. The summed E-state index contributed by atoms with van der Waals surface area (Å²) in [6, 6.07) is 10.5. The van der Waals surface area contributed by atoms with Crippen LogP contribution in [0.2, 0.25) is 5.02 Å². The van der Waals surface area contributed by atoms with Crippen molar-refractivity contribution in [1.29, 1.82) is 0 Å². The van der Waals surface area contributed by atoms with Crippen LogP contribution in [0.15, 0.2) is 54.1 Å². The average molecular weight is 444 g/mol. The molecule has 0 bridgehead atoms. The third-order valence-electron chi connectivity index (χ3n) is 4.78. The van der Waals surface area contributed by atoms with Crippen molar-refractivity contribution in [3.05, 3.63) is 80.4 Å². The number of hydrogen-bond acceptors (Lipinski definition) is 6. The summed E-state index contributed by atoms with van der Waals surface area (Å²) >= 11 is 5.88. The van der Waals surface area contributed by atoms with Crippen molar-refractivity contribution in [3.63, 3.8) is 0 Å². The summed E-state index contributed by atoms with van der Waals surface area (Å²) in [7, 11) is 0. The van der Waals surface area contributed by atoms with Gasteiger partial charge in [0.15, 0.2) is 0 Å². The zero-order chi connectivity index (χ0) is 22.7. The average Bonchev–Trinajstić information content (AvgIpc) is 2.98. The highest BCUT2D eigenvalue weighted by Gasteiger charge is 2.46. The number of hydrogen-bond donors (Lipinski definition) is 2. The minimum atomic E-state index is -1.07. The lowest BCUT2D eigenvalue weighted by molar-refractivity contribution is -0.384. The molecule has 10 heteroatoms. The van der Waals surface area contributed by atoms with Gasteiger partial charge in [0, 0.05) is 42.7 Å². The highest BCUT2D eigenvalue weighted by molar-refractivity contribution is 6.46. The van der Waals surface area contributed by atoms with E-state index >= 15 is 0 Å². The van der Waals surface area contributed by atoms with Crippen LogP contribution in [0.4, 0.5) is 5.69 Å². The maximum Gasteiger partial charge on any atom is 0.295 e. The number of nitro benzene ring substituents is 1. The number of aliphatic hydroxyl groups is 1. The number of ketones is 1. The molecule has 0 spiro atoms. The number of carbonyl (C=O) groups excluding carboxylic acids is 3. The van der Waals surface area contributed by atoms with E-state index in [2.05, 4.69) is 5.32 Å². The fraction of sp³-hybridized carbons (Fsp3) is 0.190. The Morgan fingerprint density at radius 1 is 1.23 bits per heavy atom. The Balaban J connectivity index is 2.14. The number of halogens is 1. The van der Waals surface area contributed by atoms with E-state index in [4.69, 9.17) is 11.6 Å². The van der Waals surface area contributed by atoms with Crippen LogP contribution < -0.4 is 5.32 Å². The SMILES string of the molecule is CC(=O)NCCN1C(=O)C(=O)C(=C(O)c2ccc(Cl)cc2)[C@H]1c1cccc([N+](=O)[O-])c1. The first-order chi connectivity index (χ1) is 14.7. The predicted octanol–water partition coefficient (Wildman–Crippen LogP) is 2.81. The normalized spacial score (nSPS) is 17.6. The summed E-state index contributed by atoms with van der Waals surface area (Å²) < 4.78 is 0. The fourth-order valence-corrected chi connectivity index (χ4v) is 3.51. The Kier molecular flexibility index (Phi) is 6.36. The van der Waals surface area contributed by atoms with Crippen molar-refractivity contribution in [2.24, 2.45) is 0 Å². The second-order valence-corrected chi connectivity index (χ2v) is 7.27. The minimum Gasteiger partial charge on any atom is -0.507 e. The molecular weight excluding hydrogens is 426 g/mol. The van der Waals surface area contributed by atoms with Crippen molar-refractivity contribution in [3.8, 4) is 0 Å². The van der Waals surface area contributed by atoms with E-state index in [9.17, 15) is 29.6 Å². The van der Waals surface area contributed by atoms with Crippen LogP contribution in [-0.2, 0) is 14.4 Å². The molecule has 31 heavy (non-hydrogen) atoms. The first kappa shape index (κ1) is 22.0. The Bertz CT molecular complexity index is 1100. The number of non-ortho nitro benzene ring substituents is 1. The van der Waals surface area contributed by atoms with Gasteiger partial charge in [-0.15, -0.1) is 0 Å². The van der Waals surface area contributed by atoms with Crippen molar-refractivity contribution in [2.45, 2.75) is 13.0 Å². The molecule has 2 aromatic carbocycles. The van der Waals surface area contributed by atoms with E-state index in [1.807, 2.05) is 0 Å². The largest absolute Gasteiger partial charge is 0.507 e. The number of Topliss-reactive ketones (excluding diaryl/α,β-unsaturated/α-hetero) is 1. The highest BCUT2D eigenvalue weighted by atomic mass is 35.5. The van der Waals surface area contributed by atoms with Gasteiger partial charge in [-0.05, 0) is 29.8 Å². The lowest BCUT2D eigenvalue weighted by Gasteiger charge is -2.25. The molecule has 1 aliphatic rings. The van der Waals surface area contributed by atoms with Gasteiger partial charge in [-0.1, -0.05) is 23.7 Å². The van der Waals surface area contributed by atoms with E-state index in [-0.39, 0.29) is 41.4 Å². The van der Waals surface area contributed by atoms with Crippen molar-refractivity contribution < 1.29 is 24.4 Å². The molecule has 2 aromatic rings. The predicted molar refractivity (Wildman–Crippen MR) is 112 cm³/mol. The Hall–Kier alpha value is -3.72. The van der Waals surface area contributed by atoms with Crippen LogP contribution in [0.3, 0.4) is 0 Å². The van der Waals surface area contributed by atoms with E-state index < -0.39 is 28.4 Å². The van der Waals surface area contributed by atoms with E-state index in [1.54, 1.807) is 0 Å². The third-order valence-corrected chi connectivity index (χ3v) is 5.03. The van der Waals surface area contributed by atoms with Crippen molar-refractivity contribution in [1.82, 2.24) is 10.2 Å². The highest BCUT2D eigenvalue weighted by Crippen LogP contribution is 2.40. The van der Waals surface area contributed by atoms with Crippen LogP contribution in [0.5, 0.6) is 0 Å². The summed E-state index contributed by atoms with van der Waals surface area (Å²) in [5.74, 6) is -2.54. The van der Waals surface area contributed by atoms with Crippen LogP contribution >= 0.6 is 11.6 Å². The quantitative estimate of drug-likeness (QED) is 0.232. The molecule has 0 saturated carbocycles. The first-order valence-electron chi connectivity index (χ1n) is 9.24. The molecule has 0 aliphatic carbocycles. The van der Waals surface area contributed by atoms with Gasteiger partial charge in [0.25, 0.3) is 17.4 Å². The molecule has 2 N–H and O–H groups in total. The van der Waals surface area contributed by atoms with Gasteiger partial charge < -0.3 is 15.3 Å². The minimum absolute atomic E-state index is 0.0328. The summed E-state index contributed by atoms with van der Waals surface area (Å²) in [5, 5.41) is 25.1. The van der Waals surface area contributed by atoms with Gasteiger partial charge in [-0.3, -0.25) is 24.5 Å². The molecular formula is C21H18ClN3O6. The Labute approximate surface area is 182 Å². The number of nitrogens with zero attached hydrogens (tertiary/aromatic N) is 2. The third kappa shape index (κ3) is 4.56. The lowest BCUT2D eigenvalue weighted by atomic mass is 9.95. The number of carbonyl (C=O) groups is 3. The molecule has 3 rings (SSSR count). The van der Waals surface area contributed by atoms with Gasteiger partial charge in [-0.2, -0.15) is 0 Å². The number of amides is 2. The van der Waals surface area contributed by atoms with Crippen LogP contribution in [0.25, 0.3) is 5.76 Å². The Morgan fingerprint density at radius 3 is 2.52 bits per heavy atom. The van der Waals surface area contributed by atoms with E-state index in [0.717, 1.165) is 0 Å². The van der Waals surface area contributed by atoms with Crippen molar-refractivity contribution >= 4 is 40.6 Å². The zero-order valence-electron chi connectivity index (χ0n) is 16.4. The molecule has 0 unspecified atom stereocenters. The lowest BCUT2D eigenvalue weighted by Crippen LogP contribution is -2.37. The van der Waals surface area contributed by atoms with Crippen LogP contribution in [0.1, 0.15) is 24.1 Å². The van der Waals surface area contributed by atoms with Gasteiger partial charge >= 0.3 is 0 Å². The summed E-state index contributed by atoms with van der Waals surface area (Å²) in [4.78, 5) is 48.6. The molecule has 1 heterocycles.